The molecular formula is C13H17N7O3. The lowest BCUT2D eigenvalue weighted by Gasteiger charge is -2.10. The maximum Gasteiger partial charge on any atom is 0.262 e. The average Bonchev–Trinajstić information content (AvgIpc) is 2.96. The monoisotopic (exact) mass is 319 g/mol. The van der Waals surface area contributed by atoms with Crippen LogP contribution < -0.4 is 20.6 Å². The van der Waals surface area contributed by atoms with Crippen LogP contribution in [-0.4, -0.2) is 46.0 Å². The van der Waals surface area contributed by atoms with Gasteiger partial charge in [0.25, 0.3) is 5.91 Å². The maximum absolute atomic E-state index is 11.8. The lowest BCUT2D eigenvalue weighted by molar-refractivity contribution is -0.121. The third-order valence-electron chi connectivity index (χ3n) is 3.00. The number of rotatable bonds is 6. The summed E-state index contributed by atoms with van der Waals surface area (Å²) in [5.41, 5.74) is 9.20. The van der Waals surface area contributed by atoms with Crippen LogP contribution in [0.2, 0.25) is 0 Å². The summed E-state index contributed by atoms with van der Waals surface area (Å²) in [6.45, 7) is 1.62. The van der Waals surface area contributed by atoms with Gasteiger partial charge in [-0.15, -0.1) is 0 Å². The highest BCUT2D eigenvalue weighted by atomic mass is 16.5. The number of hydrogen-bond acceptors (Lipinski definition) is 8. The van der Waals surface area contributed by atoms with Crippen LogP contribution in [0.5, 0.6) is 11.5 Å². The summed E-state index contributed by atoms with van der Waals surface area (Å²) in [6, 6.07) is 5.31. The molecule has 0 unspecified atom stereocenters. The van der Waals surface area contributed by atoms with E-state index in [0.29, 0.717) is 17.2 Å². The highest BCUT2D eigenvalue weighted by Gasteiger charge is 2.10. The van der Waals surface area contributed by atoms with Gasteiger partial charge < -0.3 is 15.2 Å². The van der Waals surface area contributed by atoms with Gasteiger partial charge in [0.05, 0.1) is 19.9 Å². The maximum atomic E-state index is 11.8. The van der Waals surface area contributed by atoms with E-state index in [4.69, 9.17) is 15.2 Å². The minimum atomic E-state index is -0.407. The molecule has 1 aromatic carbocycles. The zero-order valence-corrected chi connectivity index (χ0v) is 13.0. The van der Waals surface area contributed by atoms with Crippen molar-refractivity contribution in [3.8, 4) is 11.5 Å². The molecule has 1 amide bonds. The van der Waals surface area contributed by atoms with Gasteiger partial charge in [0.15, 0.2) is 0 Å². The van der Waals surface area contributed by atoms with Gasteiger partial charge in [-0.25, -0.2) is 10.1 Å². The topological polar surface area (TPSA) is 130 Å². The van der Waals surface area contributed by atoms with Gasteiger partial charge in [-0.2, -0.15) is 5.10 Å². The Morgan fingerprint density at radius 1 is 1.39 bits per heavy atom. The molecule has 3 N–H and O–H groups in total. The predicted molar refractivity (Wildman–Crippen MR) is 82.1 cm³/mol. The summed E-state index contributed by atoms with van der Waals surface area (Å²) >= 11 is 0. The van der Waals surface area contributed by atoms with Crippen molar-refractivity contribution in [3.63, 3.8) is 0 Å². The van der Waals surface area contributed by atoms with E-state index < -0.39 is 5.91 Å². The molecule has 2 rings (SSSR count). The molecule has 10 nitrogen and oxygen atoms in total. The van der Waals surface area contributed by atoms with Gasteiger partial charge in [0.1, 0.15) is 18.0 Å². The van der Waals surface area contributed by atoms with Gasteiger partial charge in [-0.1, -0.05) is 5.10 Å². The summed E-state index contributed by atoms with van der Waals surface area (Å²) in [6.07, 6.45) is 0. The molecule has 10 heteroatoms. The second-order valence-electron chi connectivity index (χ2n) is 4.49. The van der Waals surface area contributed by atoms with E-state index in [1.54, 1.807) is 39.3 Å². The Balaban J connectivity index is 2.07. The number of nitrogen functional groups attached to an aromatic ring is 1. The summed E-state index contributed by atoms with van der Waals surface area (Å²) < 4.78 is 11.6. The first-order valence-electron chi connectivity index (χ1n) is 6.62. The number of ether oxygens (including phenoxy) is 2. The summed E-state index contributed by atoms with van der Waals surface area (Å²) in [5.74, 6) is 0.898. The molecule has 0 aliphatic rings. The molecular weight excluding hydrogens is 302 g/mol. The number of aromatic nitrogens is 4. The van der Waals surface area contributed by atoms with Crippen molar-refractivity contribution >= 4 is 17.6 Å². The van der Waals surface area contributed by atoms with Crippen molar-refractivity contribution in [2.24, 2.45) is 5.10 Å². The third-order valence-corrected chi connectivity index (χ3v) is 3.00. The fourth-order valence-corrected chi connectivity index (χ4v) is 1.80. The fraction of sp³-hybridized carbons (Fsp3) is 0.308. The van der Waals surface area contributed by atoms with Gasteiger partial charge in [0.2, 0.25) is 5.95 Å². The van der Waals surface area contributed by atoms with Crippen LogP contribution in [0, 0.1) is 0 Å². The summed E-state index contributed by atoms with van der Waals surface area (Å²) in [4.78, 5) is 11.8. The van der Waals surface area contributed by atoms with Gasteiger partial charge >= 0.3 is 0 Å². The highest BCUT2D eigenvalue weighted by Crippen LogP contribution is 2.24. The number of hydrogen-bond donors (Lipinski definition) is 2. The number of hydrazone groups is 1. The summed E-state index contributed by atoms with van der Waals surface area (Å²) in [5, 5.41) is 14.5. The van der Waals surface area contributed by atoms with Crippen LogP contribution in [0.3, 0.4) is 0 Å². The van der Waals surface area contributed by atoms with E-state index in [1.807, 2.05) is 0 Å². The molecule has 0 spiro atoms. The van der Waals surface area contributed by atoms with Gasteiger partial charge in [0, 0.05) is 11.6 Å². The molecule has 0 aliphatic heterocycles. The van der Waals surface area contributed by atoms with Crippen molar-refractivity contribution in [2.45, 2.75) is 13.5 Å². The molecule has 1 aromatic heterocycles. The molecule has 0 radical (unpaired) electrons. The van der Waals surface area contributed by atoms with Crippen LogP contribution in [0.15, 0.2) is 23.3 Å². The van der Waals surface area contributed by atoms with E-state index in [1.165, 1.54) is 0 Å². The van der Waals surface area contributed by atoms with Crippen molar-refractivity contribution in [2.75, 3.05) is 20.0 Å². The summed E-state index contributed by atoms with van der Waals surface area (Å²) in [7, 11) is 3.12. The first-order valence-corrected chi connectivity index (χ1v) is 6.62. The third kappa shape index (κ3) is 3.93. The highest BCUT2D eigenvalue weighted by molar-refractivity contribution is 6.01. The normalized spacial score (nSPS) is 11.2. The molecule has 0 fully saturated rings. The standard InChI is InChI=1S/C13H17N7O3/c1-8(10-5-4-9(22-2)6-11(10)23-3)15-16-12(21)7-20-13(14)17-18-19-20/h4-6H,7H2,1-3H3,(H,16,21)(H2,14,17,19). The van der Waals surface area contributed by atoms with Crippen LogP contribution in [-0.2, 0) is 11.3 Å². The number of nitrogens with zero attached hydrogens (tertiary/aromatic N) is 5. The largest absolute Gasteiger partial charge is 0.497 e. The van der Waals surface area contributed by atoms with E-state index in [-0.39, 0.29) is 12.5 Å². The number of carbonyl (C=O) groups excluding carboxylic acids is 1. The Morgan fingerprint density at radius 3 is 2.78 bits per heavy atom. The zero-order valence-electron chi connectivity index (χ0n) is 13.0. The van der Waals surface area contributed by atoms with Crippen molar-refractivity contribution < 1.29 is 14.3 Å². The minimum Gasteiger partial charge on any atom is -0.497 e. The average molecular weight is 319 g/mol. The Morgan fingerprint density at radius 2 is 2.17 bits per heavy atom. The van der Waals surface area contributed by atoms with Gasteiger partial charge in [-0.3, -0.25) is 4.79 Å². The number of anilines is 1. The number of methoxy groups -OCH3 is 2. The first kappa shape index (κ1) is 16.2. The molecule has 0 atom stereocenters. The van der Waals surface area contributed by atoms with E-state index in [9.17, 15) is 4.79 Å². The van der Waals surface area contributed by atoms with Crippen molar-refractivity contribution in [1.82, 2.24) is 25.6 Å². The molecule has 122 valence electrons. The zero-order chi connectivity index (χ0) is 16.8. The second-order valence-corrected chi connectivity index (χ2v) is 4.49. The predicted octanol–water partition coefficient (Wildman–Crippen LogP) is -0.187. The fourth-order valence-electron chi connectivity index (χ4n) is 1.80. The number of amides is 1. The Kier molecular flexibility index (Phi) is 5.07. The van der Waals surface area contributed by atoms with Crippen molar-refractivity contribution in [3.05, 3.63) is 23.8 Å². The van der Waals surface area contributed by atoms with Crippen LogP contribution in [0.1, 0.15) is 12.5 Å². The number of nitrogens with one attached hydrogen (secondary N) is 1. The van der Waals surface area contributed by atoms with Gasteiger partial charge in [-0.05, 0) is 29.5 Å². The number of nitrogens with two attached hydrogens (primary N) is 1. The molecule has 0 aliphatic carbocycles. The molecule has 0 saturated carbocycles. The van der Waals surface area contributed by atoms with E-state index in [0.717, 1.165) is 10.2 Å². The number of tetrazole rings is 1. The molecule has 2 aromatic rings. The molecule has 23 heavy (non-hydrogen) atoms. The van der Waals surface area contributed by atoms with Crippen LogP contribution in [0.25, 0.3) is 0 Å². The number of benzene rings is 1. The molecule has 1 heterocycles. The van der Waals surface area contributed by atoms with Crippen molar-refractivity contribution in [1.29, 1.82) is 0 Å². The Bertz CT molecular complexity index is 726. The van der Waals surface area contributed by atoms with E-state index in [2.05, 4.69) is 26.1 Å². The van der Waals surface area contributed by atoms with E-state index >= 15 is 0 Å². The quantitative estimate of drug-likeness (QED) is 0.557. The van der Waals surface area contributed by atoms with Crippen LogP contribution in [0.4, 0.5) is 5.95 Å². The first-order chi connectivity index (χ1) is 11.0. The molecule has 0 bridgehead atoms. The Hall–Kier alpha value is -3.17. The second kappa shape index (κ2) is 7.20. The smallest absolute Gasteiger partial charge is 0.262 e. The SMILES string of the molecule is COc1ccc(C(C)=NNC(=O)Cn2nnnc2N)c(OC)c1. The number of carbonyl (C=O) groups is 1. The van der Waals surface area contributed by atoms with Crippen LogP contribution >= 0.6 is 0 Å². The Labute approximate surface area is 132 Å². The lowest BCUT2D eigenvalue weighted by Crippen LogP contribution is -2.25. The lowest BCUT2D eigenvalue weighted by atomic mass is 10.1. The minimum absolute atomic E-state index is 0.0534. The molecule has 0 saturated heterocycles.